The van der Waals surface area contributed by atoms with Crippen LogP contribution < -0.4 is 11.3 Å². The van der Waals surface area contributed by atoms with Crippen molar-refractivity contribution < 1.29 is 4.79 Å². The predicted octanol–water partition coefficient (Wildman–Crippen LogP) is 2.12. The third-order valence-electron chi connectivity index (χ3n) is 2.67. The summed E-state index contributed by atoms with van der Waals surface area (Å²) in [5.41, 5.74) is 3.66. The summed E-state index contributed by atoms with van der Waals surface area (Å²) in [6.07, 6.45) is 3.17. The molecule has 0 saturated heterocycles. The third-order valence-corrected chi connectivity index (χ3v) is 2.67. The Balaban J connectivity index is 2.97. The maximum absolute atomic E-state index is 12.6. The fourth-order valence-corrected chi connectivity index (χ4v) is 1.99. The molecule has 0 unspecified atom stereocenters. The summed E-state index contributed by atoms with van der Waals surface area (Å²) in [4.78, 5) is 18.4. The number of carbonyl (C=O) groups is 1. The average molecular weight is 264 g/mol. The maximum Gasteiger partial charge on any atom is 0.256 e. The molecule has 1 aromatic heterocycles. The first-order valence-electron chi connectivity index (χ1n) is 6.65. The molecule has 0 aliphatic carbocycles. The lowest BCUT2D eigenvalue weighted by atomic mass is 10.1. The molecular weight excluding hydrogens is 240 g/mol. The minimum Gasteiger partial charge on any atom is -0.338 e. The highest BCUT2D eigenvalue weighted by molar-refractivity contribution is 5.99. The van der Waals surface area contributed by atoms with Gasteiger partial charge in [-0.25, -0.2) is 0 Å². The van der Waals surface area contributed by atoms with Crippen LogP contribution in [0.25, 0.3) is 0 Å². The lowest BCUT2D eigenvalue weighted by Crippen LogP contribution is -2.37. The molecule has 0 saturated carbocycles. The number of pyridine rings is 1. The SMILES string of the molecule is CC(C)CN(CC(C)C)C(=O)c1ccncc1NN. The molecule has 1 aromatic rings. The number of rotatable bonds is 6. The molecule has 1 rings (SSSR count). The second-order valence-corrected chi connectivity index (χ2v) is 5.56. The van der Waals surface area contributed by atoms with E-state index in [1.54, 1.807) is 18.5 Å². The van der Waals surface area contributed by atoms with Crippen LogP contribution in [0, 0.1) is 11.8 Å². The maximum atomic E-state index is 12.6. The first-order valence-corrected chi connectivity index (χ1v) is 6.65. The Morgan fingerprint density at radius 3 is 2.37 bits per heavy atom. The van der Waals surface area contributed by atoms with E-state index in [4.69, 9.17) is 5.84 Å². The molecule has 5 heteroatoms. The quantitative estimate of drug-likeness (QED) is 0.610. The van der Waals surface area contributed by atoms with Crippen molar-refractivity contribution in [3.63, 3.8) is 0 Å². The summed E-state index contributed by atoms with van der Waals surface area (Å²) >= 11 is 0. The van der Waals surface area contributed by atoms with Crippen molar-refractivity contribution in [1.29, 1.82) is 0 Å². The first kappa shape index (κ1) is 15.4. The molecular formula is C14H24N4O. The van der Waals surface area contributed by atoms with Crippen LogP contribution in [0.2, 0.25) is 0 Å². The van der Waals surface area contributed by atoms with Gasteiger partial charge in [-0.05, 0) is 17.9 Å². The number of anilines is 1. The van der Waals surface area contributed by atoms with Crippen molar-refractivity contribution in [3.05, 3.63) is 24.0 Å². The highest BCUT2D eigenvalue weighted by Gasteiger charge is 2.20. The van der Waals surface area contributed by atoms with E-state index < -0.39 is 0 Å². The lowest BCUT2D eigenvalue weighted by molar-refractivity contribution is 0.0716. The van der Waals surface area contributed by atoms with E-state index in [-0.39, 0.29) is 5.91 Å². The second-order valence-electron chi connectivity index (χ2n) is 5.56. The summed E-state index contributed by atoms with van der Waals surface area (Å²) in [6, 6.07) is 1.70. The monoisotopic (exact) mass is 264 g/mol. The van der Waals surface area contributed by atoms with E-state index in [0.29, 0.717) is 23.1 Å². The normalized spacial score (nSPS) is 10.9. The van der Waals surface area contributed by atoms with E-state index in [1.807, 2.05) is 4.90 Å². The Bertz CT molecular complexity index is 408. The van der Waals surface area contributed by atoms with Crippen molar-refractivity contribution in [2.24, 2.45) is 17.7 Å². The Kier molecular flexibility index (Phi) is 5.76. The molecule has 0 atom stereocenters. The van der Waals surface area contributed by atoms with Crippen LogP contribution in [0.4, 0.5) is 5.69 Å². The van der Waals surface area contributed by atoms with Crippen LogP contribution in [0.15, 0.2) is 18.5 Å². The molecule has 0 aromatic carbocycles. The van der Waals surface area contributed by atoms with Gasteiger partial charge < -0.3 is 10.3 Å². The van der Waals surface area contributed by atoms with Crippen molar-refractivity contribution in [2.45, 2.75) is 27.7 Å². The molecule has 0 bridgehead atoms. The van der Waals surface area contributed by atoms with E-state index in [1.165, 1.54) is 0 Å². The van der Waals surface area contributed by atoms with Gasteiger partial charge in [0.05, 0.1) is 17.4 Å². The molecule has 1 amide bonds. The zero-order chi connectivity index (χ0) is 14.4. The Hall–Kier alpha value is -1.62. The summed E-state index contributed by atoms with van der Waals surface area (Å²) in [5.74, 6) is 6.29. The van der Waals surface area contributed by atoms with Crippen LogP contribution in [0.1, 0.15) is 38.1 Å². The summed E-state index contributed by atoms with van der Waals surface area (Å²) in [6.45, 7) is 9.90. The Morgan fingerprint density at radius 2 is 1.89 bits per heavy atom. The molecule has 0 aliphatic rings. The fraction of sp³-hybridized carbons (Fsp3) is 0.571. The second kappa shape index (κ2) is 7.09. The summed E-state index contributed by atoms with van der Waals surface area (Å²) in [5, 5.41) is 0. The number of hydrogen-bond acceptors (Lipinski definition) is 4. The molecule has 0 spiro atoms. The number of nitrogen functional groups attached to an aromatic ring is 1. The molecule has 0 aliphatic heterocycles. The van der Waals surface area contributed by atoms with Crippen molar-refractivity contribution >= 4 is 11.6 Å². The minimum atomic E-state index is -0.00208. The molecule has 1 heterocycles. The van der Waals surface area contributed by atoms with Gasteiger partial charge in [0.2, 0.25) is 0 Å². The molecule has 0 fully saturated rings. The van der Waals surface area contributed by atoms with Crippen molar-refractivity contribution in [2.75, 3.05) is 18.5 Å². The first-order chi connectivity index (χ1) is 8.95. The lowest BCUT2D eigenvalue weighted by Gasteiger charge is -2.27. The van der Waals surface area contributed by atoms with Crippen LogP contribution >= 0.6 is 0 Å². The van der Waals surface area contributed by atoms with E-state index in [9.17, 15) is 4.79 Å². The largest absolute Gasteiger partial charge is 0.338 e. The van der Waals surface area contributed by atoms with Gasteiger partial charge in [-0.2, -0.15) is 0 Å². The van der Waals surface area contributed by atoms with E-state index in [2.05, 4.69) is 38.1 Å². The van der Waals surface area contributed by atoms with E-state index in [0.717, 1.165) is 13.1 Å². The number of hydrazine groups is 1. The predicted molar refractivity (Wildman–Crippen MR) is 77.6 cm³/mol. The average Bonchev–Trinajstić information content (AvgIpc) is 2.36. The number of amides is 1. The molecule has 19 heavy (non-hydrogen) atoms. The van der Waals surface area contributed by atoms with Gasteiger partial charge >= 0.3 is 0 Å². The smallest absolute Gasteiger partial charge is 0.256 e. The van der Waals surface area contributed by atoms with Gasteiger partial charge in [-0.15, -0.1) is 0 Å². The number of nitrogens with one attached hydrogen (secondary N) is 1. The zero-order valence-corrected chi connectivity index (χ0v) is 12.2. The van der Waals surface area contributed by atoms with Gasteiger partial charge in [0.25, 0.3) is 5.91 Å². The van der Waals surface area contributed by atoms with E-state index >= 15 is 0 Å². The van der Waals surface area contributed by atoms with Gasteiger partial charge in [-0.1, -0.05) is 27.7 Å². The number of aromatic nitrogens is 1. The number of carbonyl (C=O) groups excluding carboxylic acids is 1. The van der Waals surface area contributed by atoms with Gasteiger partial charge in [0.15, 0.2) is 0 Å². The van der Waals surface area contributed by atoms with Gasteiger partial charge in [-0.3, -0.25) is 15.6 Å². The molecule has 3 N–H and O–H groups in total. The Labute approximate surface area is 115 Å². The number of hydrogen-bond donors (Lipinski definition) is 2. The van der Waals surface area contributed by atoms with Crippen molar-refractivity contribution in [3.8, 4) is 0 Å². The molecule has 0 radical (unpaired) electrons. The number of nitrogens with zero attached hydrogens (tertiary/aromatic N) is 2. The standard InChI is InChI=1S/C14H24N4O/c1-10(2)8-18(9-11(3)4)14(19)12-5-6-16-7-13(12)17-15/h5-7,10-11,17H,8-9,15H2,1-4H3. The highest BCUT2D eigenvalue weighted by Crippen LogP contribution is 2.16. The van der Waals surface area contributed by atoms with Crippen LogP contribution in [-0.4, -0.2) is 28.9 Å². The van der Waals surface area contributed by atoms with Crippen LogP contribution in [0.5, 0.6) is 0 Å². The number of nitrogens with two attached hydrogens (primary N) is 1. The minimum absolute atomic E-state index is 0.00208. The zero-order valence-electron chi connectivity index (χ0n) is 12.2. The van der Waals surface area contributed by atoms with Crippen molar-refractivity contribution in [1.82, 2.24) is 9.88 Å². The van der Waals surface area contributed by atoms with Gasteiger partial charge in [0.1, 0.15) is 0 Å². The summed E-state index contributed by atoms with van der Waals surface area (Å²) in [7, 11) is 0. The van der Waals surface area contributed by atoms with Gasteiger partial charge in [0, 0.05) is 19.3 Å². The summed E-state index contributed by atoms with van der Waals surface area (Å²) < 4.78 is 0. The van der Waals surface area contributed by atoms with Crippen LogP contribution in [0.3, 0.4) is 0 Å². The fourth-order valence-electron chi connectivity index (χ4n) is 1.99. The molecule has 106 valence electrons. The molecule has 5 nitrogen and oxygen atoms in total. The highest BCUT2D eigenvalue weighted by atomic mass is 16.2. The van der Waals surface area contributed by atoms with Crippen LogP contribution in [-0.2, 0) is 0 Å². The topological polar surface area (TPSA) is 71.2 Å². The Morgan fingerprint density at radius 1 is 1.32 bits per heavy atom. The third kappa shape index (κ3) is 4.52.